The Hall–Kier alpha value is -3.10. The van der Waals surface area contributed by atoms with Crippen LogP contribution in [0.3, 0.4) is 0 Å². The molecule has 1 unspecified atom stereocenters. The van der Waals surface area contributed by atoms with Crippen LogP contribution in [0.2, 0.25) is 0 Å². The standard InChI is InChI=1S/C29H36FN5O2/c1-21-11-14-34(15-12-21)18-23-5-2-4-22(16-23)17-31-29(36)25-6-3-13-35(19-25)20-27-32-28(33-37-27)24-7-9-26(30)10-8-24/h2,4-5,7-10,16,21,25H,3,6,11-15,17-20H2,1H3,(H,31,36). The molecule has 8 heteroatoms. The minimum atomic E-state index is -0.301. The molecule has 0 spiro atoms. The summed E-state index contributed by atoms with van der Waals surface area (Å²) in [7, 11) is 0. The first-order chi connectivity index (χ1) is 18.0. The summed E-state index contributed by atoms with van der Waals surface area (Å²) >= 11 is 0. The first kappa shape index (κ1) is 25.5. The molecule has 5 rings (SSSR count). The molecule has 0 bridgehead atoms. The molecule has 7 nitrogen and oxygen atoms in total. The number of carbonyl (C=O) groups is 1. The summed E-state index contributed by atoms with van der Waals surface area (Å²) in [6, 6.07) is 14.6. The van der Waals surface area contributed by atoms with Gasteiger partial charge in [-0.2, -0.15) is 4.98 Å². The lowest BCUT2D eigenvalue weighted by molar-refractivity contribution is -0.127. The van der Waals surface area contributed by atoms with Crippen molar-refractivity contribution in [1.82, 2.24) is 25.3 Å². The molecule has 0 radical (unpaired) electrons. The van der Waals surface area contributed by atoms with Crippen molar-refractivity contribution < 1.29 is 13.7 Å². The van der Waals surface area contributed by atoms with Crippen LogP contribution in [0.4, 0.5) is 4.39 Å². The van der Waals surface area contributed by atoms with Gasteiger partial charge < -0.3 is 9.84 Å². The number of carbonyl (C=O) groups excluding carboxylic acids is 1. The van der Waals surface area contributed by atoms with E-state index in [4.69, 9.17) is 4.52 Å². The van der Waals surface area contributed by atoms with Crippen molar-refractivity contribution in [3.8, 4) is 11.4 Å². The van der Waals surface area contributed by atoms with Gasteiger partial charge in [-0.15, -0.1) is 0 Å². The second-order valence-corrected chi connectivity index (χ2v) is 10.6. The highest BCUT2D eigenvalue weighted by Gasteiger charge is 2.27. The molecular formula is C29H36FN5O2. The predicted molar refractivity (Wildman–Crippen MR) is 140 cm³/mol. The summed E-state index contributed by atoms with van der Waals surface area (Å²) in [6.45, 7) is 8.23. The number of hydrogen-bond acceptors (Lipinski definition) is 6. The zero-order chi connectivity index (χ0) is 25.6. The molecule has 1 N–H and O–H groups in total. The molecule has 2 aliphatic rings. The van der Waals surface area contributed by atoms with Gasteiger partial charge in [-0.3, -0.25) is 14.6 Å². The lowest BCUT2D eigenvalue weighted by Crippen LogP contribution is -2.42. The summed E-state index contributed by atoms with van der Waals surface area (Å²) in [5.41, 5.74) is 3.16. The van der Waals surface area contributed by atoms with E-state index in [1.165, 1.54) is 30.5 Å². The summed E-state index contributed by atoms with van der Waals surface area (Å²) in [5.74, 6) is 1.51. The van der Waals surface area contributed by atoms with Crippen molar-refractivity contribution in [3.63, 3.8) is 0 Å². The van der Waals surface area contributed by atoms with E-state index in [1.807, 2.05) is 0 Å². The van der Waals surface area contributed by atoms with Crippen LogP contribution < -0.4 is 5.32 Å². The van der Waals surface area contributed by atoms with E-state index in [2.05, 4.69) is 56.4 Å². The first-order valence-corrected chi connectivity index (χ1v) is 13.4. The number of benzene rings is 2. The van der Waals surface area contributed by atoms with E-state index in [1.54, 1.807) is 12.1 Å². The number of halogens is 1. The van der Waals surface area contributed by atoms with Gasteiger partial charge in [0.05, 0.1) is 12.5 Å². The first-order valence-electron chi connectivity index (χ1n) is 13.4. The molecule has 2 fully saturated rings. The minimum Gasteiger partial charge on any atom is -0.352 e. The highest BCUT2D eigenvalue weighted by atomic mass is 19.1. The van der Waals surface area contributed by atoms with Crippen molar-refractivity contribution in [2.75, 3.05) is 26.2 Å². The van der Waals surface area contributed by atoms with Gasteiger partial charge in [0.25, 0.3) is 0 Å². The van der Waals surface area contributed by atoms with Gasteiger partial charge >= 0.3 is 0 Å². The van der Waals surface area contributed by atoms with Crippen molar-refractivity contribution in [2.45, 2.75) is 52.2 Å². The van der Waals surface area contributed by atoms with E-state index in [-0.39, 0.29) is 17.6 Å². The van der Waals surface area contributed by atoms with E-state index in [0.717, 1.165) is 50.5 Å². The Kier molecular flexibility index (Phi) is 8.26. The van der Waals surface area contributed by atoms with Crippen molar-refractivity contribution in [2.24, 2.45) is 11.8 Å². The maximum Gasteiger partial charge on any atom is 0.241 e. The third-order valence-electron chi connectivity index (χ3n) is 7.55. The molecule has 2 saturated heterocycles. The summed E-state index contributed by atoms with van der Waals surface area (Å²) in [6.07, 6.45) is 4.37. The Balaban J connectivity index is 1.10. The van der Waals surface area contributed by atoms with Gasteiger partial charge in [-0.25, -0.2) is 4.39 Å². The number of rotatable bonds is 8. The molecule has 1 atom stereocenters. The Morgan fingerprint density at radius 2 is 1.81 bits per heavy atom. The number of nitrogens with zero attached hydrogens (tertiary/aromatic N) is 4. The van der Waals surface area contributed by atoms with Crippen LogP contribution in [0.5, 0.6) is 0 Å². The predicted octanol–water partition coefficient (Wildman–Crippen LogP) is 4.64. The minimum absolute atomic E-state index is 0.0632. The second-order valence-electron chi connectivity index (χ2n) is 10.6. The maximum atomic E-state index is 13.2. The number of nitrogens with one attached hydrogen (secondary N) is 1. The lowest BCUT2D eigenvalue weighted by Gasteiger charge is -2.31. The summed E-state index contributed by atoms with van der Waals surface area (Å²) in [4.78, 5) is 22.2. The van der Waals surface area contributed by atoms with Crippen molar-refractivity contribution in [1.29, 1.82) is 0 Å². The lowest BCUT2D eigenvalue weighted by atomic mass is 9.97. The fourth-order valence-electron chi connectivity index (χ4n) is 5.29. The second kappa shape index (κ2) is 12.0. The van der Waals surface area contributed by atoms with Crippen LogP contribution in [0, 0.1) is 17.7 Å². The average Bonchev–Trinajstić information content (AvgIpc) is 3.38. The number of likely N-dealkylation sites (tertiary alicyclic amines) is 2. The maximum absolute atomic E-state index is 13.2. The van der Waals surface area contributed by atoms with Crippen LogP contribution >= 0.6 is 0 Å². The molecular weight excluding hydrogens is 469 g/mol. The molecule has 3 aromatic rings. The zero-order valence-corrected chi connectivity index (χ0v) is 21.5. The van der Waals surface area contributed by atoms with Crippen molar-refractivity contribution in [3.05, 3.63) is 71.4 Å². The summed E-state index contributed by atoms with van der Waals surface area (Å²) in [5, 5.41) is 7.19. The van der Waals surface area contributed by atoms with Crippen LogP contribution in [0.25, 0.3) is 11.4 Å². The number of hydrogen-bond donors (Lipinski definition) is 1. The number of amides is 1. The quantitative estimate of drug-likeness (QED) is 0.481. The van der Waals surface area contributed by atoms with E-state index in [0.29, 0.717) is 36.9 Å². The number of aromatic nitrogens is 2. The Morgan fingerprint density at radius 3 is 2.62 bits per heavy atom. The number of piperidine rings is 2. The van der Waals surface area contributed by atoms with E-state index < -0.39 is 0 Å². The van der Waals surface area contributed by atoms with E-state index in [9.17, 15) is 9.18 Å². The third kappa shape index (κ3) is 7.02. The fourth-order valence-corrected chi connectivity index (χ4v) is 5.29. The van der Waals surface area contributed by atoms with Gasteiger partial charge in [0.1, 0.15) is 5.82 Å². The molecule has 37 heavy (non-hydrogen) atoms. The van der Waals surface area contributed by atoms with Crippen LogP contribution in [-0.2, 0) is 24.4 Å². The van der Waals surface area contributed by atoms with Gasteiger partial charge in [0.2, 0.25) is 17.6 Å². The topological polar surface area (TPSA) is 74.5 Å². The van der Waals surface area contributed by atoms with Crippen LogP contribution in [-0.4, -0.2) is 52.0 Å². The van der Waals surface area contributed by atoms with Gasteiger partial charge in [0.15, 0.2) is 0 Å². The van der Waals surface area contributed by atoms with Crippen molar-refractivity contribution >= 4 is 5.91 Å². The summed E-state index contributed by atoms with van der Waals surface area (Å²) < 4.78 is 18.6. The molecule has 1 aromatic heterocycles. The van der Waals surface area contributed by atoms with Gasteiger partial charge in [0, 0.05) is 25.2 Å². The Bertz CT molecular complexity index is 1170. The average molecular weight is 506 g/mol. The largest absolute Gasteiger partial charge is 0.352 e. The molecule has 0 saturated carbocycles. The molecule has 2 aromatic carbocycles. The monoisotopic (exact) mass is 505 g/mol. The van der Waals surface area contributed by atoms with Crippen LogP contribution in [0.15, 0.2) is 53.1 Å². The molecule has 196 valence electrons. The molecule has 1 amide bonds. The molecule has 2 aliphatic heterocycles. The highest BCUT2D eigenvalue weighted by Crippen LogP contribution is 2.22. The Morgan fingerprint density at radius 1 is 1.03 bits per heavy atom. The molecule has 3 heterocycles. The smallest absolute Gasteiger partial charge is 0.241 e. The van der Waals surface area contributed by atoms with Gasteiger partial charge in [-0.1, -0.05) is 36.3 Å². The SMILES string of the molecule is CC1CCN(Cc2cccc(CNC(=O)C3CCCN(Cc4nc(-c5ccc(F)cc5)no4)C3)c2)CC1. The molecule has 0 aliphatic carbocycles. The highest BCUT2D eigenvalue weighted by molar-refractivity contribution is 5.79. The zero-order valence-electron chi connectivity index (χ0n) is 21.5. The Labute approximate surface area is 218 Å². The normalized spacial score (nSPS) is 19.7. The van der Waals surface area contributed by atoms with E-state index >= 15 is 0 Å². The van der Waals surface area contributed by atoms with Gasteiger partial charge in [-0.05, 0) is 86.6 Å². The third-order valence-corrected chi connectivity index (χ3v) is 7.55. The van der Waals surface area contributed by atoms with Crippen LogP contribution in [0.1, 0.15) is 49.6 Å². The fraction of sp³-hybridized carbons (Fsp3) is 0.483.